The summed E-state index contributed by atoms with van der Waals surface area (Å²) in [5.74, 6) is 0.954. The van der Waals surface area contributed by atoms with Crippen molar-refractivity contribution in [2.24, 2.45) is 5.73 Å². The quantitative estimate of drug-likeness (QED) is 0.835. The molecule has 3 heteroatoms. The van der Waals surface area contributed by atoms with Gasteiger partial charge in [0.25, 0.3) is 0 Å². The minimum absolute atomic E-state index is 0.121. The van der Waals surface area contributed by atoms with Gasteiger partial charge in [0.05, 0.1) is 0 Å². The fourth-order valence-corrected chi connectivity index (χ4v) is 3.81. The van der Waals surface area contributed by atoms with E-state index in [4.69, 9.17) is 10.5 Å². The summed E-state index contributed by atoms with van der Waals surface area (Å²) in [5.41, 5.74) is 11.2. The molecule has 0 fully saturated rings. The molecule has 1 aliphatic heterocycles. The van der Waals surface area contributed by atoms with Gasteiger partial charge in [0.2, 0.25) is 5.88 Å². The first kappa shape index (κ1) is 16.2. The van der Waals surface area contributed by atoms with Gasteiger partial charge in [0.15, 0.2) is 0 Å². The van der Waals surface area contributed by atoms with Crippen molar-refractivity contribution < 1.29 is 4.74 Å². The van der Waals surface area contributed by atoms with Crippen molar-refractivity contribution in [3.8, 4) is 6.07 Å². The average molecular weight is 340 g/mol. The Balaban J connectivity index is 1.84. The molecule has 2 aromatic rings. The van der Waals surface area contributed by atoms with E-state index in [2.05, 4.69) is 36.4 Å². The molecular weight excluding hydrogens is 320 g/mol. The Morgan fingerprint density at radius 1 is 1.00 bits per heavy atom. The Morgan fingerprint density at radius 3 is 2.38 bits per heavy atom. The van der Waals surface area contributed by atoms with Crippen molar-refractivity contribution in [3.05, 3.63) is 100 Å². The summed E-state index contributed by atoms with van der Waals surface area (Å²) in [6.45, 7) is 0. The number of nitrogens with zero attached hydrogens (tertiary/aromatic N) is 1. The fraction of sp³-hybridized carbons (Fsp3) is 0.174. The van der Waals surface area contributed by atoms with Crippen LogP contribution in [0.15, 0.2) is 89.0 Å². The Labute approximate surface area is 153 Å². The topological polar surface area (TPSA) is 59.0 Å². The predicted octanol–water partition coefficient (Wildman–Crippen LogP) is 5.02. The van der Waals surface area contributed by atoms with Gasteiger partial charge in [-0.25, -0.2) is 0 Å². The van der Waals surface area contributed by atoms with Crippen molar-refractivity contribution in [3.63, 3.8) is 0 Å². The van der Waals surface area contributed by atoms with Crippen molar-refractivity contribution in [2.45, 2.75) is 25.2 Å². The third-order valence-corrected chi connectivity index (χ3v) is 4.98. The van der Waals surface area contributed by atoms with E-state index in [1.54, 1.807) is 0 Å². The Morgan fingerprint density at radius 2 is 1.69 bits per heavy atom. The standard InChI is InChI=1S/C23H20N2O/c24-15-20-21(17-10-5-2-6-11-17)19-13-7-12-18(22(19)26-23(20)25)14-16-8-3-1-4-9-16/h1-6,8-11,14,21H,7,12-13,25H2/b18-14-/t21-/m0/s1. The molecule has 0 saturated heterocycles. The van der Waals surface area contributed by atoms with Gasteiger partial charge in [-0.1, -0.05) is 60.7 Å². The van der Waals surface area contributed by atoms with Crippen LogP contribution in [0.2, 0.25) is 0 Å². The van der Waals surface area contributed by atoms with Crippen LogP contribution < -0.4 is 5.73 Å². The van der Waals surface area contributed by atoms with E-state index in [1.807, 2.05) is 36.4 Å². The zero-order chi connectivity index (χ0) is 17.9. The van der Waals surface area contributed by atoms with Gasteiger partial charge in [-0.05, 0) is 47.6 Å². The zero-order valence-corrected chi connectivity index (χ0v) is 14.5. The summed E-state index contributed by atoms with van der Waals surface area (Å²) >= 11 is 0. The summed E-state index contributed by atoms with van der Waals surface area (Å²) in [4.78, 5) is 0. The lowest BCUT2D eigenvalue weighted by atomic mass is 9.77. The normalized spacial score (nSPS) is 21.2. The molecule has 2 N–H and O–H groups in total. The minimum Gasteiger partial charge on any atom is -0.440 e. The molecule has 1 atom stereocenters. The molecule has 0 unspecified atom stereocenters. The summed E-state index contributed by atoms with van der Waals surface area (Å²) < 4.78 is 5.98. The van der Waals surface area contributed by atoms with Crippen molar-refractivity contribution in [1.82, 2.24) is 0 Å². The highest BCUT2D eigenvalue weighted by molar-refractivity contribution is 5.62. The van der Waals surface area contributed by atoms with Gasteiger partial charge < -0.3 is 10.5 Å². The van der Waals surface area contributed by atoms with Gasteiger partial charge in [0.1, 0.15) is 17.4 Å². The number of rotatable bonds is 2. The fourth-order valence-electron chi connectivity index (χ4n) is 3.81. The first-order chi connectivity index (χ1) is 12.8. The molecule has 26 heavy (non-hydrogen) atoms. The van der Waals surface area contributed by atoms with Crippen LogP contribution in [-0.2, 0) is 4.74 Å². The molecule has 0 saturated carbocycles. The van der Waals surface area contributed by atoms with Gasteiger partial charge in [0, 0.05) is 5.92 Å². The van der Waals surface area contributed by atoms with E-state index >= 15 is 0 Å². The maximum Gasteiger partial charge on any atom is 0.205 e. The number of benzene rings is 2. The van der Waals surface area contributed by atoms with E-state index in [0.29, 0.717) is 5.57 Å². The number of allylic oxidation sites excluding steroid dienone is 3. The first-order valence-electron chi connectivity index (χ1n) is 8.89. The van der Waals surface area contributed by atoms with E-state index in [1.165, 1.54) is 0 Å². The number of nitrogens with two attached hydrogens (primary N) is 1. The lowest BCUT2D eigenvalue weighted by Gasteiger charge is -2.33. The van der Waals surface area contributed by atoms with Crippen LogP contribution in [0.5, 0.6) is 0 Å². The molecule has 1 aliphatic carbocycles. The van der Waals surface area contributed by atoms with E-state index < -0.39 is 0 Å². The average Bonchev–Trinajstić information content (AvgIpc) is 2.69. The molecule has 3 nitrogen and oxygen atoms in total. The van der Waals surface area contributed by atoms with Gasteiger partial charge in [-0.2, -0.15) is 5.26 Å². The molecule has 4 rings (SSSR count). The van der Waals surface area contributed by atoms with Gasteiger partial charge in [-0.15, -0.1) is 0 Å². The second-order valence-electron chi connectivity index (χ2n) is 6.62. The smallest absolute Gasteiger partial charge is 0.205 e. The second kappa shape index (κ2) is 6.93. The molecule has 0 aromatic heterocycles. The highest BCUT2D eigenvalue weighted by atomic mass is 16.5. The Kier molecular flexibility index (Phi) is 4.33. The third kappa shape index (κ3) is 2.91. The van der Waals surface area contributed by atoms with E-state index in [0.717, 1.165) is 47.3 Å². The van der Waals surface area contributed by atoms with E-state index in [9.17, 15) is 5.26 Å². The summed E-state index contributed by atoms with van der Waals surface area (Å²) in [7, 11) is 0. The number of ether oxygens (including phenoxy) is 1. The van der Waals surface area contributed by atoms with Crippen LogP contribution >= 0.6 is 0 Å². The van der Waals surface area contributed by atoms with Gasteiger partial charge in [-0.3, -0.25) is 0 Å². The monoisotopic (exact) mass is 340 g/mol. The van der Waals surface area contributed by atoms with E-state index in [-0.39, 0.29) is 11.8 Å². The molecular formula is C23H20N2O. The van der Waals surface area contributed by atoms with Crippen molar-refractivity contribution >= 4 is 6.08 Å². The molecule has 1 heterocycles. The lowest BCUT2D eigenvalue weighted by Crippen LogP contribution is -2.23. The van der Waals surface area contributed by atoms with Crippen LogP contribution in [0.3, 0.4) is 0 Å². The van der Waals surface area contributed by atoms with Gasteiger partial charge >= 0.3 is 0 Å². The molecule has 0 amide bonds. The van der Waals surface area contributed by atoms with Crippen LogP contribution in [0, 0.1) is 11.3 Å². The first-order valence-corrected chi connectivity index (χ1v) is 8.89. The largest absolute Gasteiger partial charge is 0.440 e. The Bertz CT molecular complexity index is 947. The van der Waals surface area contributed by atoms with Crippen molar-refractivity contribution in [2.75, 3.05) is 0 Å². The molecule has 2 aliphatic rings. The second-order valence-corrected chi connectivity index (χ2v) is 6.62. The molecule has 0 radical (unpaired) electrons. The number of nitriles is 1. The van der Waals surface area contributed by atoms with Crippen LogP contribution in [0.4, 0.5) is 0 Å². The lowest BCUT2D eigenvalue weighted by molar-refractivity contribution is 0.277. The maximum absolute atomic E-state index is 9.68. The Hall–Kier alpha value is -3.25. The highest BCUT2D eigenvalue weighted by Crippen LogP contribution is 2.46. The SMILES string of the molecule is N#CC1=C(N)OC2=C(CCC/C2=C/c2ccccc2)[C@@H]1c1ccccc1. The molecule has 2 aromatic carbocycles. The van der Waals surface area contributed by atoms with Crippen LogP contribution in [0.1, 0.15) is 36.3 Å². The summed E-state index contributed by atoms with van der Waals surface area (Å²) in [6, 6.07) is 22.6. The number of hydrogen-bond acceptors (Lipinski definition) is 3. The molecule has 128 valence electrons. The summed E-state index contributed by atoms with van der Waals surface area (Å²) in [6.07, 6.45) is 5.08. The third-order valence-electron chi connectivity index (χ3n) is 4.98. The van der Waals surface area contributed by atoms with Crippen LogP contribution in [-0.4, -0.2) is 0 Å². The molecule has 0 spiro atoms. The summed E-state index contributed by atoms with van der Waals surface area (Å²) in [5, 5.41) is 9.68. The maximum atomic E-state index is 9.68. The minimum atomic E-state index is -0.121. The van der Waals surface area contributed by atoms with Crippen molar-refractivity contribution in [1.29, 1.82) is 5.26 Å². The van der Waals surface area contributed by atoms with Crippen LogP contribution in [0.25, 0.3) is 6.08 Å². The molecule has 0 bridgehead atoms. The predicted molar refractivity (Wildman–Crippen MR) is 102 cm³/mol. The number of hydrogen-bond donors (Lipinski definition) is 1. The highest BCUT2D eigenvalue weighted by Gasteiger charge is 2.35. The zero-order valence-electron chi connectivity index (χ0n) is 14.5.